The molecule has 0 radical (unpaired) electrons. The predicted molar refractivity (Wildman–Crippen MR) is 87.4 cm³/mol. The Morgan fingerprint density at radius 2 is 2.00 bits per heavy atom. The van der Waals surface area contributed by atoms with Crippen molar-refractivity contribution in [3.05, 3.63) is 23.3 Å². The van der Waals surface area contributed by atoms with E-state index < -0.39 is 10.0 Å². The van der Waals surface area contributed by atoms with Crippen molar-refractivity contribution in [1.82, 2.24) is 5.32 Å². The van der Waals surface area contributed by atoms with E-state index >= 15 is 0 Å². The summed E-state index contributed by atoms with van der Waals surface area (Å²) in [7, 11) is -3.60. The first-order valence-electron chi connectivity index (χ1n) is 7.66. The zero-order chi connectivity index (χ0) is 16.5. The van der Waals surface area contributed by atoms with Crippen LogP contribution in [0.1, 0.15) is 44.7 Å². The fraction of sp³-hybridized carbons (Fsp3) is 0.562. The van der Waals surface area contributed by atoms with Crippen LogP contribution in [-0.4, -0.2) is 37.9 Å². The Kier molecular flexibility index (Phi) is 4.80. The number of nitrogens with zero attached hydrogens (tertiary/aromatic N) is 1. The van der Waals surface area contributed by atoms with Crippen LogP contribution in [-0.2, 0) is 10.0 Å². The average Bonchev–Trinajstić information content (AvgIpc) is 2.85. The van der Waals surface area contributed by atoms with Crippen molar-refractivity contribution in [3.63, 3.8) is 0 Å². The van der Waals surface area contributed by atoms with Crippen molar-refractivity contribution in [2.45, 2.75) is 45.4 Å². The molecular weight excluding hydrogens is 300 g/mol. The highest BCUT2D eigenvalue weighted by Crippen LogP contribution is 2.32. The molecular formula is C16H25N2O3S+. The van der Waals surface area contributed by atoms with E-state index in [1.165, 1.54) is 3.98 Å². The molecule has 0 aliphatic carbocycles. The second-order valence-corrected chi connectivity index (χ2v) is 7.66. The highest BCUT2D eigenvalue weighted by molar-refractivity contribution is 7.85. The van der Waals surface area contributed by atoms with Gasteiger partial charge in [-0.15, -0.1) is 3.98 Å². The molecule has 5 nitrogen and oxygen atoms in total. The Morgan fingerprint density at radius 1 is 1.32 bits per heavy atom. The van der Waals surface area contributed by atoms with Crippen LogP contribution in [0.4, 0.5) is 0 Å². The zero-order valence-corrected chi connectivity index (χ0v) is 14.8. The number of ether oxygens (including phenoxy) is 1. The van der Waals surface area contributed by atoms with Crippen molar-refractivity contribution in [1.29, 1.82) is 0 Å². The summed E-state index contributed by atoms with van der Waals surface area (Å²) in [5, 5.41) is 3.07. The molecule has 0 fully saturated rings. The lowest BCUT2D eigenvalue weighted by Gasteiger charge is -2.16. The Balaban J connectivity index is 2.66. The third kappa shape index (κ3) is 2.97. The predicted octanol–water partition coefficient (Wildman–Crippen LogP) is 2.24. The van der Waals surface area contributed by atoms with Crippen LogP contribution in [0, 0.1) is 6.92 Å². The first kappa shape index (κ1) is 16.8. The molecule has 1 aromatic rings. The van der Waals surface area contributed by atoms with Gasteiger partial charge in [0, 0.05) is 6.92 Å². The fourth-order valence-corrected chi connectivity index (χ4v) is 4.42. The van der Waals surface area contributed by atoms with Gasteiger partial charge in [-0.1, -0.05) is 13.8 Å². The first-order chi connectivity index (χ1) is 10.3. The van der Waals surface area contributed by atoms with Crippen LogP contribution < -0.4 is 10.1 Å². The lowest BCUT2D eigenvalue weighted by molar-refractivity contribution is -0.353. The lowest BCUT2D eigenvalue weighted by atomic mass is 9.98. The molecule has 1 N–H and O–H groups in total. The highest BCUT2D eigenvalue weighted by atomic mass is 32.2. The molecule has 1 heterocycles. The van der Waals surface area contributed by atoms with Gasteiger partial charge in [0.1, 0.15) is 18.8 Å². The molecule has 1 aliphatic rings. The van der Waals surface area contributed by atoms with Gasteiger partial charge in [0.2, 0.25) is 0 Å². The zero-order valence-electron chi connectivity index (χ0n) is 13.9. The summed E-state index contributed by atoms with van der Waals surface area (Å²) in [5.74, 6) is 1.35. The number of hydrogen-bond acceptors (Lipinski definition) is 4. The number of nitrogens with one attached hydrogen (secondary N) is 1. The summed E-state index contributed by atoms with van der Waals surface area (Å²) in [6, 6.07) is 3.61. The van der Waals surface area contributed by atoms with Crippen molar-refractivity contribution in [3.8, 4) is 5.75 Å². The van der Waals surface area contributed by atoms with E-state index in [0.29, 0.717) is 31.3 Å². The Morgan fingerprint density at radius 3 is 2.50 bits per heavy atom. The molecule has 0 spiro atoms. The van der Waals surface area contributed by atoms with Gasteiger partial charge in [-0.3, -0.25) is 5.32 Å². The molecule has 6 heteroatoms. The maximum Gasteiger partial charge on any atom is 0.334 e. The van der Waals surface area contributed by atoms with Crippen LogP contribution >= 0.6 is 0 Å². The minimum Gasteiger partial charge on any atom is -0.492 e. The normalized spacial score (nSPS) is 15.4. The van der Waals surface area contributed by atoms with Crippen molar-refractivity contribution >= 4 is 15.9 Å². The van der Waals surface area contributed by atoms with E-state index in [-0.39, 0.29) is 10.8 Å². The number of amidine groups is 1. The summed E-state index contributed by atoms with van der Waals surface area (Å²) in [6.45, 7) is 11.3. The van der Waals surface area contributed by atoms with Gasteiger partial charge in [-0.25, -0.2) is 0 Å². The van der Waals surface area contributed by atoms with Crippen molar-refractivity contribution < 1.29 is 17.1 Å². The van der Waals surface area contributed by atoms with Crippen LogP contribution in [0.5, 0.6) is 5.75 Å². The van der Waals surface area contributed by atoms with Gasteiger partial charge in [0.25, 0.3) is 5.84 Å². The molecule has 0 aromatic heterocycles. The van der Waals surface area contributed by atoms with Gasteiger partial charge >= 0.3 is 10.0 Å². The van der Waals surface area contributed by atoms with E-state index in [9.17, 15) is 8.42 Å². The van der Waals surface area contributed by atoms with Crippen LogP contribution in [0.2, 0.25) is 0 Å². The standard InChI is InChI=1S/C16H24N2O3S/c1-6-21-15-9-12(4)14(11(2)3)10-16(15)22(19,20)18-8-7-17-13(18)5/h9-11H,6-8H2,1-5H3/p+1. The quantitative estimate of drug-likeness (QED) is 0.844. The smallest absolute Gasteiger partial charge is 0.334 e. The molecule has 0 atom stereocenters. The van der Waals surface area contributed by atoms with Gasteiger partial charge < -0.3 is 4.74 Å². The third-order valence-electron chi connectivity index (χ3n) is 3.89. The average molecular weight is 325 g/mol. The first-order valence-corrected chi connectivity index (χ1v) is 9.10. The summed E-state index contributed by atoms with van der Waals surface area (Å²) in [6.07, 6.45) is 0. The van der Waals surface area contributed by atoms with E-state index in [4.69, 9.17) is 4.74 Å². The second-order valence-electron chi connectivity index (χ2n) is 5.83. The molecule has 22 heavy (non-hydrogen) atoms. The Hall–Kier alpha value is -1.56. The molecule has 0 saturated carbocycles. The number of aryl methyl sites for hydroxylation is 1. The number of hydrogen-bond donors (Lipinski definition) is 1. The Labute approximate surface area is 133 Å². The molecule has 0 bridgehead atoms. The summed E-state index contributed by atoms with van der Waals surface area (Å²) in [5.41, 5.74) is 2.09. The second kappa shape index (κ2) is 6.28. The summed E-state index contributed by atoms with van der Waals surface area (Å²) < 4.78 is 33.0. The van der Waals surface area contributed by atoms with E-state index in [0.717, 1.165) is 11.1 Å². The molecule has 2 rings (SSSR count). The topological polar surface area (TPSA) is 58.4 Å². The summed E-state index contributed by atoms with van der Waals surface area (Å²) in [4.78, 5) is 0.256. The van der Waals surface area contributed by atoms with E-state index in [1.807, 2.05) is 19.9 Å². The Bertz CT molecular complexity index is 706. The van der Waals surface area contributed by atoms with Crippen molar-refractivity contribution in [2.24, 2.45) is 0 Å². The molecule has 0 amide bonds. The van der Waals surface area contributed by atoms with Crippen LogP contribution in [0.15, 0.2) is 17.0 Å². The van der Waals surface area contributed by atoms with Gasteiger partial charge in [-0.2, -0.15) is 8.42 Å². The summed E-state index contributed by atoms with van der Waals surface area (Å²) >= 11 is 0. The van der Waals surface area contributed by atoms with E-state index in [2.05, 4.69) is 19.2 Å². The maximum atomic E-state index is 13.0. The highest BCUT2D eigenvalue weighted by Gasteiger charge is 2.33. The maximum absolute atomic E-state index is 13.0. The number of benzene rings is 1. The third-order valence-corrected chi connectivity index (χ3v) is 5.80. The monoisotopic (exact) mass is 325 g/mol. The van der Waals surface area contributed by atoms with Crippen molar-refractivity contribution in [2.75, 3.05) is 19.7 Å². The number of rotatable bonds is 5. The number of sulfonamides is 1. The van der Waals surface area contributed by atoms with Crippen LogP contribution in [0.3, 0.4) is 0 Å². The molecule has 1 aromatic carbocycles. The van der Waals surface area contributed by atoms with Gasteiger partial charge in [-0.05, 0) is 43.0 Å². The van der Waals surface area contributed by atoms with Gasteiger partial charge in [0.05, 0.1) is 6.61 Å². The largest absolute Gasteiger partial charge is 0.492 e. The van der Waals surface area contributed by atoms with E-state index in [1.54, 1.807) is 13.0 Å². The fourth-order valence-electron chi connectivity index (χ4n) is 2.78. The minimum atomic E-state index is -3.60. The molecule has 122 valence electrons. The van der Waals surface area contributed by atoms with Crippen LogP contribution in [0.25, 0.3) is 0 Å². The molecule has 0 unspecified atom stereocenters. The minimum absolute atomic E-state index is 0.256. The lowest BCUT2D eigenvalue weighted by Crippen LogP contribution is -2.26. The molecule has 0 saturated heterocycles. The molecule has 1 aliphatic heterocycles. The SMILES string of the molecule is CCOc1cc(C)c(C(C)C)cc1S(=O)(=O)[N+]1=C(C)NCC1. The van der Waals surface area contributed by atoms with Gasteiger partial charge in [0.15, 0.2) is 4.90 Å².